The molecule has 0 saturated carbocycles. The summed E-state index contributed by atoms with van der Waals surface area (Å²) in [5, 5.41) is 0. The summed E-state index contributed by atoms with van der Waals surface area (Å²) in [7, 11) is 0. The predicted molar refractivity (Wildman–Crippen MR) is 38.9 cm³/mol. The summed E-state index contributed by atoms with van der Waals surface area (Å²) in [6, 6.07) is 0. The molecule has 9 heavy (non-hydrogen) atoms. The van der Waals surface area contributed by atoms with E-state index < -0.39 is 0 Å². The van der Waals surface area contributed by atoms with Crippen molar-refractivity contribution in [3.05, 3.63) is 18.4 Å². The first-order valence-electron chi connectivity index (χ1n) is 2.02. The van der Waals surface area contributed by atoms with Crippen molar-refractivity contribution in [1.29, 1.82) is 0 Å². The Kier molecular flexibility index (Phi) is 7.53. The molecule has 3 nitrogen and oxygen atoms in total. The van der Waals surface area contributed by atoms with Crippen LogP contribution in [0.2, 0.25) is 0 Å². The molecule has 0 aromatic carbocycles. The highest BCUT2D eigenvalue weighted by atomic mass is 35.5. The molecule has 1 aromatic rings. The van der Waals surface area contributed by atoms with E-state index in [0.717, 1.165) is 0 Å². The molecule has 0 spiro atoms. The molecule has 0 aliphatic rings. The van der Waals surface area contributed by atoms with E-state index in [9.17, 15) is 0 Å². The number of hydrogen-bond acceptors (Lipinski definition) is 3. The van der Waals surface area contributed by atoms with Gasteiger partial charge in [-0.05, 0) is 0 Å². The Hall–Kier alpha value is -0.250. The van der Waals surface area contributed by atoms with Gasteiger partial charge in [-0.25, -0.2) is 4.98 Å². The topological polar surface area (TPSA) is 52.0 Å². The Bertz CT molecular complexity index is 131. The minimum absolute atomic E-state index is 0. The summed E-state index contributed by atoms with van der Waals surface area (Å²) < 4.78 is 4.75. The van der Waals surface area contributed by atoms with E-state index in [0.29, 0.717) is 12.4 Å². The summed E-state index contributed by atoms with van der Waals surface area (Å²) in [6.07, 6.45) is 3.07. The van der Waals surface area contributed by atoms with Crippen molar-refractivity contribution < 1.29 is 4.42 Å². The Balaban J connectivity index is 0. The molecule has 0 aliphatic heterocycles. The molecule has 5 heteroatoms. The molecule has 0 radical (unpaired) electrons. The van der Waals surface area contributed by atoms with Crippen molar-refractivity contribution in [1.82, 2.24) is 4.98 Å². The summed E-state index contributed by atoms with van der Waals surface area (Å²) in [5.74, 6) is 0.583. The van der Waals surface area contributed by atoms with Crippen LogP contribution in [-0.2, 0) is 6.54 Å². The van der Waals surface area contributed by atoms with Crippen molar-refractivity contribution in [2.24, 2.45) is 5.73 Å². The minimum Gasteiger partial charge on any atom is -0.448 e. The number of nitrogens with zero attached hydrogens (tertiary/aromatic N) is 1. The van der Waals surface area contributed by atoms with Crippen LogP contribution < -0.4 is 5.73 Å². The molecule has 0 unspecified atom stereocenters. The third-order valence-electron chi connectivity index (χ3n) is 0.658. The SMILES string of the molecule is Cl.Cl.NCc1ncco1. The van der Waals surface area contributed by atoms with Gasteiger partial charge in [0.05, 0.1) is 12.7 Å². The van der Waals surface area contributed by atoms with Gasteiger partial charge in [-0.3, -0.25) is 0 Å². The summed E-state index contributed by atoms with van der Waals surface area (Å²) >= 11 is 0. The lowest BCUT2D eigenvalue weighted by atomic mass is 10.7. The van der Waals surface area contributed by atoms with E-state index >= 15 is 0 Å². The van der Waals surface area contributed by atoms with Crippen LogP contribution in [-0.4, -0.2) is 4.98 Å². The molecule has 0 fully saturated rings. The highest BCUT2D eigenvalue weighted by Crippen LogP contribution is 1.88. The van der Waals surface area contributed by atoms with E-state index in [4.69, 9.17) is 10.2 Å². The molecule has 0 atom stereocenters. The van der Waals surface area contributed by atoms with Gasteiger partial charge in [-0.1, -0.05) is 0 Å². The van der Waals surface area contributed by atoms with Crippen LogP contribution in [0.4, 0.5) is 0 Å². The summed E-state index contributed by atoms with van der Waals surface area (Å²) in [4.78, 5) is 3.74. The second-order valence-corrected chi connectivity index (χ2v) is 1.13. The quantitative estimate of drug-likeness (QED) is 0.684. The minimum atomic E-state index is 0. The van der Waals surface area contributed by atoms with Crippen LogP contribution in [0.25, 0.3) is 0 Å². The summed E-state index contributed by atoms with van der Waals surface area (Å²) in [5.41, 5.74) is 5.14. The Labute approximate surface area is 65.5 Å². The smallest absolute Gasteiger partial charge is 0.207 e. The van der Waals surface area contributed by atoms with E-state index in [-0.39, 0.29) is 24.8 Å². The monoisotopic (exact) mass is 170 g/mol. The third-order valence-corrected chi connectivity index (χ3v) is 0.658. The highest BCUT2D eigenvalue weighted by molar-refractivity contribution is 5.85. The van der Waals surface area contributed by atoms with Gasteiger partial charge in [-0.15, -0.1) is 24.8 Å². The fourth-order valence-electron chi connectivity index (χ4n) is 0.354. The number of rotatable bonds is 1. The maximum absolute atomic E-state index is 5.14. The Morgan fingerprint density at radius 3 is 2.44 bits per heavy atom. The lowest BCUT2D eigenvalue weighted by Crippen LogP contribution is -1.94. The average molecular weight is 171 g/mol. The Morgan fingerprint density at radius 1 is 1.56 bits per heavy atom. The number of nitrogens with two attached hydrogens (primary N) is 1. The van der Waals surface area contributed by atoms with Gasteiger partial charge in [0.1, 0.15) is 6.26 Å². The molecular formula is C4H8Cl2N2O. The summed E-state index contributed by atoms with van der Waals surface area (Å²) in [6.45, 7) is 0.382. The standard InChI is InChI=1S/C4H6N2O.2ClH/c5-3-4-6-1-2-7-4;;/h1-2H,3,5H2;2*1H. The van der Waals surface area contributed by atoms with Crippen molar-refractivity contribution in [2.75, 3.05) is 0 Å². The molecule has 54 valence electrons. The normalized spacial score (nSPS) is 7.22. The zero-order valence-electron chi connectivity index (χ0n) is 4.61. The average Bonchev–Trinajstić information content (AvgIpc) is 2.14. The molecule has 0 amide bonds. The first-order valence-corrected chi connectivity index (χ1v) is 2.02. The molecule has 0 aliphatic carbocycles. The molecular weight excluding hydrogens is 163 g/mol. The zero-order valence-corrected chi connectivity index (χ0v) is 6.24. The van der Waals surface area contributed by atoms with Gasteiger partial charge in [-0.2, -0.15) is 0 Å². The molecule has 2 N–H and O–H groups in total. The molecule has 0 saturated heterocycles. The number of aromatic nitrogens is 1. The Morgan fingerprint density at radius 2 is 2.22 bits per heavy atom. The van der Waals surface area contributed by atoms with Crippen molar-refractivity contribution >= 4 is 24.8 Å². The van der Waals surface area contributed by atoms with Gasteiger partial charge in [0.25, 0.3) is 0 Å². The molecule has 1 aromatic heterocycles. The lowest BCUT2D eigenvalue weighted by Gasteiger charge is -1.78. The van der Waals surface area contributed by atoms with Gasteiger partial charge in [0.15, 0.2) is 0 Å². The first kappa shape index (κ1) is 11.5. The van der Waals surface area contributed by atoms with E-state index in [1.165, 1.54) is 6.26 Å². The van der Waals surface area contributed by atoms with Gasteiger partial charge < -0.3 is 10.2 Å². The number of halogens is 2. The van der Waals surface area contributed by atoms with E-state index in [2.05, 4.69) is 4.98 Å². The first-order chi connectivity index (χ1) is 3.43. The highest BCUT2D eigenvalue weighted by Gasteiger charge is 1.86. The number of oxazole rings is 1. The zero-order chi connectivity index (χ0) is 5.11. The van der Waals surface area contributed by atoms with Gasteiger partial charge in [0.2, 0.25) is 5.89 Å². The van der Waals surface area contributed by atoms with Crippen molar-refractivity contribution in [3.8, 4) is 0 Å². The molecule has 1 rings (SSSR count). The van der Waals surface area contributed by atoms with Crippen LogP contribution in [0.5, 0.6) is 0 Å². The predicted octanol–water partition coefficient (Wildman–Crippen LogP) is 0.977. The second-order valence-electron chi connectivity index (χ2n) is 1.13. The largest absolute Gasteiger partial charge is 0.448 e. The lowest BCUT2D eigenvalue weighted by molar-refractivity contribution is 0.498. The number of hydrogen-bond donors (Lipinski definition) is 1. The molecule has 1 heterocycles. The van der Waals surface area contributed by atoms with E-state index in [1.807, 2.05) is 0 Å². The maximum Gasteiger partial charge on any atom is 0.207 e. The van der Waals surface area contributed by atoms with E-state index in [1.54, 1.807) is 6.20 Å². The van der Waals surface area contributed by atoms with Crippen LogP contribution in [0.1, 0.15) is 5.89 Å². The van der Waals surface area contributed by atoms with Gasteiger partial charge >= 0.3 is 0 Å². The molecule has 0 bridgehead atoms. The van der Waals surface area contributed by atoms with Gasteiger partial charge in [0, 0.05) is 0 Å². The second kappa shape index (κ2) is 5.88. The van der Waals surface area contributed by atoms with Crippen molar-refractivity contribution in [2.45, 2.75) is 6.54 Å². The maximum atomic E-state index is 5.14. The van der Waals surface area contributed by atoms with Crippen LogP contribution >= 0.6 is 24.8 Å². The van der Waals surface area contributed by atoms with Crippen molar-refractivity contribution in [3.63, 3.8) is 0 Å². The fraction of sp³-hybridized carbons (Fsp3) is 0.250. The fourth-order valence-corrected chi connectivity index (χ4v) is 0.354. The van der Waals surface area contributed by atoms with Crippen LogP contribution in [0.15, 0.2) is 16.9 Å². The van der Waals surface area contributed by atoms with Crippen LogP contribution in [0.3, 0.4) is 0 Å². The third kappa shape index (κ3) is 3.35. The van der Waals surface area contributed by atoms with Crippen LogP contribution in [0, 0.1) is 0 Å².